The summed E-state index contributed by atoms with van der Waals surface area (Å²) in [4.78, 5) is 0. The van der Waals surface area contributed by atoms with Crippen LogP contribution < -0.4 is 5.73 Å². The number of nitrogens with two attached hydrogens (primary N) is 1. The van der Waals surface area contributed by atoms with Gasteiger partial charge in [0.1, 0.15) is 0 Å². The first-order valence-electron chi connectivity index (χ1n) is 6.91. The van der Waals surface area contributed by atoms with Crippen molar-refractivity contribution >= 4 is 0 Å². The average Bonchev–Trinajstić information content (AvgIpc) is 2.31. The summed E-state index contributed by atoms with van der Waals surface area (Å²) in [5.41, 5.74) is 8.65. The normalized spacial score (nSPS) is 14.6. The first kappa shape index (κ1) is 14.2. The molecular weight excluding hydrogens is 206 g/mol. The van der Waals surface area contributed by atoms with Crippen LogP contribution in [0.2, 0.25) is 0 Å². The van der Waals surface area contributed by atoms with Gasteiger partial charge in [-0.25, -0.2) is 0 Å². The van der Waals surface area contributed by atoms with E-state index in [2.05, 4.69) is 45.0 Å². The molecule has 1 rings (SSSR count). The SMILES string of the molecule is CCCC(C)CC(CN)Cc1ccc(C)cc1. The second-order valence-electron chi connectivity index (χ2n) is 5.42. The van der Waals surface area contributed by atoms with Crippen LogP contribution in [0.1, 0.15) is 44.2 Å². The molecular formula is C16H27N. The standard InChI is InChI=1S/C16H27N/c1-4-5-14(3)10-16(12-17)11-15-8-6-13(2)7-9-15/h6-9,14,16H,4-5,10-12,17H2,1-3H3. The first-order valence-corrected chi connectivity index (χ1v) is 6.91. The maximum atomic E-state index is 5.89. The Kier molecular flexibility index (Phi) is 6.28. The summed E-state index contributed by atoms with van der Waals surface area (Å²) in [6.45, 7) is 7.55. The van der Waals surface area contributed by atoms with Gasteiger partial charge in [0.25, 0.3) is 0 Å². The molecule has 0 saturated carbocycles. The van der Waals surface area contributed by atoms with Gasteiger partial charge in [-0.1, -0.05) is 56.5 Å². The minimum Gasteiger partial charge on any atom is -0.330 e. The summed E-state index contributed by atoms with van der Waals surface area (Å²) in [6.07, 6.45) is 5.00. The summed E-state index contributed by atoms with van der Waals surface area (Å²) in [5.74, 6) is 1.44. The van der Waals surface area contributed by atoms with E-state index >= 15 is 0 Å². The monoisotopic (exact) mass is 233 g/mol. The Labute approximate surface area is 106 Å². The molecule has 0 saturated heterocycles. The highest BCUT2D eigenvalue weighted by molar-refractivity contribution is 5.21. The Morgan fingerprint density at radius 1 is 1.18 bits per heavy atom. The highest BCUT2D eigenvalue weighted by Gasteiger charge is 2.12. The summed E-state index contributed by atoms with van der Waals surface area (Å²) >= 11 is 0. The summed E-state index contributed by atoms with van der Waals surface area (Å²) in [6, 6.07) is 8.86. The van der Waals surface area contributed by atoms with Gasteiger partial charge >= 0.3 is 0 Å². The molecule has 0 heterocycles. The highest BCUT2D eigenvalue weighted by Crippen LogP contribution is 2.20. The Balaban J connectivity index is 2.48. The predicted octanol–water partition coefficient (Wildman–Crippen LogP) is 3.94. The van der Waals surface area contributed by atoms with E-state index in [1.807, 2.05) is 0 Å². The predicted molar refractivity (Wildman–Crippen MR) is 76.1 cm³/mol. The molecule has 0 spiro atoms. The van der Waals surface area contributed by atoms with Crippen molar-refractivity contribution in [2.45, 2.75) is 46.5 Å². The molecule has 0 aliphatic rings. The van der Waals surface area contributed by atoms with E-state index in [4.69, 9.17) is 5.73 Å². The molecule has 96 valence electrons. The van der Waals surface area contributed by atoms with E-state index in [9.17, 15) is 0 Å². The van der Waals surface area contributed by atoms with Crippen LogP contribution >= 0.6 is 0 Å². The lowest BCUT2D eigenvalue weighted by Crippen LogP contribution is -2.19. The maximum Gasteiger partial charge on any atom is -0.00456 e. The van der Waals surface area contributed by atoms with Gasteiger partial charge in [-0.3, -0.25) is 0 Å². The van der Waals surface area contributed by atoms with Crippen LogP contribution in [0.3, 0.4) is 0 Å². The smallest absolute Gasteiger partial charge is 0.00456 e. The molecule has 1 nitrogen and oxygen atoms in total. The molecule has 1 aromatic carbocycles. The van der Waals surface area contributed by atoms with Crippen molar-refractivity contribution in [1.82, 2.24) is 0 Å². The van der Waals surface area contributed by atoms with Crippen LogP contribution in [0.5, 0.6) is 0 Å². The molecule has 2 N–H and O–H groups in total. The number of benzene rings is 1. The second kappa shape index (κ2) is 7.50. The van der Waals surface area contributed by atoms with E-state index in [0.29, 0.717) is 5.92 Å². The number of hydrogen-bond acceptors (Lipinski definition) is 1. The van der Waals surface area contributed by atoms with E-state index in [-0.39, 0.29) is 0 Å². The molecule has 0 fully saturated rings. The van der Waals surface area contributed by atoms with Crippen molar-refractivity contribution in [3.8, 4) is 0 Å². The zero-order valence-electron chi connectivity index (χ0n) is 11.6. The van der Waals surface area contributed by atoms with Gasteiger partial charge in [0, 0.05) is 0 Å². The molecule has 0 aromatic heterocycles. The van der Waals surface area contributed by atoms with E-state index in [1.54, 1.807) is 0 Å². The van der Waals surface area contributed by atoms with Crippen LogP contribution in [0.25, 0.3) is 0 Å². The van der Waals surface area contributed by atoms with Crippen molar-refractivity contribution in [1.29, 1.82) is 0 Å². The molecule has 0 radical (unpaired) electrons. The third-order valence-corrected chi connectivity index (χ3v) is 3.50. The number of rotatable bonds is 7. The van der Waals surface area contributed by atoms with Crippen molar-refractivity contribution in [2.24, 2.45) is 17.6 Å². The molecule has 0 aliphatic carbocycles. The number of hydrogen-bond donors (Lipinski definition) is 1. The van der Waals surface area contributed by atoms with Gasteiger partial charge in [0.15, 0.2) is 0 Å². The van der Waals surface area contributed by atoms with E-state index in [0.717, 1.165) is 18.9 Å². The van der Waals surface area contributed by atoms with Crippen LogP contribution in [0.15, 0.2) is 24.3 Å². The maximum absolute atomic E-state index is 5.89. The summed E-state index contributed by atoms with van der Waals surface area (Å²) in [7, 11) is 0. The topological polar surface area (TPSA) is 26.0 Å². The van der Waals surface area contributed by atoms with Crippen molar-refractivity contribution in [2.75, 3.05) is 6.54 Å². The van der Waals surface area contributed by atoms with Crippen LogP contribution in [0, 0.1) is 18.8 Å². The minimum absolute atomic E-state index is 0.638. The quantitative estimate of drug-likeness (QED) is 0.758. The lowest BCUT2D eigenvalue weighted by atomic mass is 9.88. The fourth-order valence-corrected chi connectivity index (χ4v) is 2.50. The third kappa shape index (κ3) is 5.36. The van der Waals surface area contributed by atoms with Crippen LogP contribution in [-0.2, 0) is 6.42 Å². The Morgan fingerprint density at radius 2 is 1.82 bits per heavy atom. The van der Waals surface area contributed by atoms with Crippen LogP contribution in [-0.4, -0.2) is 6.54 Å². The lowest BCUT2D eigenvalue weighted by molar-refractivity contribution is 0.375. The van der Waals surface area contributed by atoms with Crippen molar-refractivity contribution in [3.05, 3.63) is 35.4 Å². The summed E-state index contributed by atoms with van der Waals surface area (Å²) in [5, 5.41) is 0. The Morgan fingerprint density at radius 3 is 2.35 bits per heavy atom. The zero-order chi connectivity index (χ0) is 12.7. The van der Waals surface area contributed by atoms with E-state index in [1.165, 1.54) is 30.4 Å². The van der Waals surface area contributed by atoms with Gasteiger partial charge in [-0.2, -0.15) is 0 Å². The van der Waals surface area contributed by atoms with Crippen LogP contribution in [0.4, 0.5) is 0 Å². The molecule has 0 aliphatic heterocycles. The highest BCUT2D eigenvalue weighted by atomic mass is 14.5. The molecule has 1 aromatic rings. The Bertz CT molecular complexity index is 302. The van der Waals surface area contributed by atoms with E-state index < -0.39 is 0 Å². The molecule has 2 atom stereocenters. The second-order valence-corrected chi connectivity index (χ2v) is 5.42. The van der Waals surface area contributed by atoms with Gasteiger partial charge in [0.2, 0.25) is 0 Å². The fraction of sp³-hybridized carbons (Fsp3) is 0.625. The molecule has 0 amide bonds. The average molecular weight is 233 g/mol. The van der Waals surface area contributed by atoms with Crippen molar-refractivity contribution in [3.63, 3.8) is 0 Å². The Hall–Kier alpha value is -0.820. The lowest BCUT2D eigenvalue weighted by Gasteiger charge is -2.19. The number of aryl methyl sites for hydroxylation is 1. The zero-order valence-corrected chi connectivity index (χ0v) is 11.6. The minimum atomic E-state index is 0.638. The van der Waals surface area contributed by atoms with Crippen molar-refractivity contribution < 1.29 is 0 Å². The third-order valence-electron chi connectivity index (χ3n) is 3.50. The largest absolute Gasteiger partial charge is 0.330 e. The van der Waals surface area contributed by atoms with Gasteiger partial charge in [-0.05, 0) is 43.7 Å². The molecule has 17 heavy (non-hydrogen) atoms. The molecule has 2 unspecified atom stereocenters. The molecule has 1 heteroatoms. The van der Waals surface area contributed by atoms with Gasteiger partial charge < -0.3 is 5.73 Å². The summed E-state index contributed by atoms with van der Waals surface area (Å²) < 4.78 is 0. The van der Waals surface area contributed by atoms with Gasteiger partial charge in [-0.15, -0.1) is 0 Å². The van der Waals surface area contributed by atoms with Gasteiger partial charge in [0.05, 0.1) is 0 Å². The fourth-order valence-electron chi connectivity index (χ4n) is 2.50. The first-order chi connectivity index (χ1) is 8.15. The molecule has 0 bridgehead atoms.